The van der Waals surface area contributed by atoms with Crippen LogP contribution in [0.1, 0.15) is 5.56 Å². The van der Waals surface area contributed by atoms with Gasteiger partial charge in [-0.15, -0.1) is 0 Å². The van der Waals surface area contributed by atoms with Crippen molar-refractivity contribution in [3.63, 3.8) is 0 Å². The molecular weight excluding hydrogens is 284 g/mol. The van der Waals surface area contributed by atoms with Crippen molar-refractivity contribution in [3.8, 4) is 0 Å². The van der Waals surface area contributed by atoms with Crippen LogP contribution in [0.25, 0.3) is 32.4 Å². The van der Waals surface area contributed by atoms with Gasteiger partial charge in [0.05, 0.1) is 12.1 Å². The Kier molecular flexibility index (Phi) is 2.61. The van der Waals surface area contributed by atoms with Gasteiger partial charge in [0.15, 0.2) is 0 Å². The Morgan fingerprint density at radius 1 is 0.957 bits per heavy atom. The number of aromatic nitrogens is 1. The van der Waals surface area contributed by atoms with Crippen LogP contribution in [0.5, 0.6) is 0 Å². The van der Waals surface area contributed by atoms with Gasteiger partial charge in [-0.05, 0) is 51.9 Å². The van der Waals surface area contributed by atoms with Crippen molar-refractivity contribution in [2.75, 3.05) is 18.7 Å². The smallest absolute Gasteiger partial charge is 0.119 e. The molecule has 0 aliphatic carbocycles. The molecular formula is C20H16N2O. The molecule has 0 bridgehead atoms. The van der Waals surface area contributed by atoms with Crippen LogP contribution in [0.2, 0.25) is 0 Å². The third-order valence-electron chi connectivity index (χ3n) is 4.77. The molecule has 3 aromatic carbocycles. The lowest BCUT2D eigenvalue weighted by Crippen LogP contribution is -2.26. The van der Waals surface area contributed by atoms with Crippen molar-refractivity contribution in [1.29, 1.82) is 0 Å². The minimum Gasteiger partial charge on any atom is -0.356 e. The van der Waals surface area contributed by atoms with Crippen molar-refractivity contribution in [2.24, 2.45) is 0 Å². The maximum atomic E-state index is 5.73. The van der Waals surface area contributed by atoms with Gasteiger partial charge in [0.25, 0.3) is 0 Å². The lowest BCUT2D eigenvalue weighted by molar-refractivity contribution is 0.115. The van der Waals surface area contributed by atoms with Crippen molar-refractivity contribution in [2.45, 2.75) is 6.61 Å². The summed E-state index contributed by atoms with van der Waals surface area (Å²) in [5, 5.41) is 6.25. The zero-order chi connectivity index (χ0) is 15.4. The van der Waals surface area contributed by atoms with Crippen molar-refractivity contribution >= 4 is 38.1 Å². The molecule has 0 atom stereocenters. The van der Waals surface area contributed by atoms with Crippen LogP contribution in [0.15, 0.2) is 54.7 Å². The highest BCUT2D eigenvalue weighted by Crippen LogP contribution is 2.35. The number of ether oxygens (including phenoxy) is 1. The van der Waals surface area contributed by atoms with Gasteiger partial charge in [-0.1, -0.05) is 18.2 Å². The van der Waals surface area contributed by atoms with E-state index in [4.69, 9.17) is 4.74 Å². The first-order valence-corrected chi connectivity index (χ1v) is 7.83. The van der Waals surface area contributed by atoms with Crippen LogP contribution in [0, 0.1) is 0 Å². The predicted molar refractivity (Wildman–Crippen MR) is 94.8 cm³/mol. The second-order valence-electron chi connectivity index (χ2n) is 6.17. The van der Waals surface area contributed by atoms with Gasteiger partial charge in [0, 0.05) is 29.9 Å². The van der Waals surface area contributed by atoms with Crippen molar-refractivity contribution in [1.82, 2.24) is 4.98 Å². The standard InChI is InChI=1S/C20H16N2O/c1-22-12-23-11-18-17-10-16-13(9-14(17)5-7-20(18)22)4-6-19-15(16)3-2-8-21-19/h2-10H,11-12H2,1H3. The highest BCUT2D eigenvalue weighted by Gasteiger charge is 2.17. The number of anilines is 1. The fraction of sp³-hybridized carbons (Fsp3) is 0.150. The van der Waals surface area contributed by atoms with E-state index in [2.05, 4.69) is 59.4 Å². The van der Waals surface area contributed by atoms with Crippen molar-refractivity contribution < 1.29 is 4.74 Å². The second kappa shape index (κ2) is 4.67. The lowest BCUT2D eigenvalue weighted by Gasteiger charge is -2.28. The molecule has 0 N–H and O–H groups in total. The van der Waals surface area contributed by atoms with Crippen LogP contribution in [-0.4, -0.2) is 18.8 Å². The van der Waals surface area contributed by atoms with E-state index < -0.39 is 0 Å². The number of hydrogen-bond acceptors (Lipinski definition) is 3. The van der Waals surface area contributed by atoms with Crippen LogP contribution in [-0.2, 0) is 11.3 Å². The zero-order valence-electron chi connectivity index (χ0n) is 12.9. The molecule has 3 nitrogen and oxygen atoms in total. The topological polar surface area (TPSA) is 25.4 Å². The third kappa shape index (κ3) is 1.83. The van der Waals surface area contributed by atoms with Gasteiger partial charge in [-0.3, -0.25) is 4.98 Å². The van der Waals surface area contributed by atoms with Crippen LogP contribution in [0.3, 0.4) is 0 Å². The first kappa shape index (κ1) is 12.9. The lowest BCUT2D eigenvalue weighted by atomic mass is 9.96. The summed E-state index contributed by atoms with van der Waals surface area (Å²) >= 11 is 0. The molecule has 1 aromatic heterocycles. The number of rotatable bonds is 0. The molecule has 0 fully saturated rings. The molecule has 1 aliphatic heterocycles. The predicted octanol–water partition coefficient (Wildman–Crippen LogP) is 4.47. The van der Waals surface area contributed by atoms with Gasteiger partial charge in [0.2, 0.25) is 0 Å². The summed E-state index contributed by atoms with van der Waals surface area (Å²) in [6.45, 7) is 1.32. The molecule has 2 heterocycles. The fourth-order valence-electron chi connectivity index (χ4n) is 3.62. The van der Waals surface area contributed by atoms with Gasteiger partial charge >= 0.3 is 0 Å². The van der Waals surface area contributed by atoms with Gasteiger partial charge in [-0.25, -0.2) is 0 Å². The van der Waals surface area contributed by atoms with Gasteiger partial charge in [-0.2, -0.15) is 0 Å². The van der Waals surface area contributed by atoms with E-state index in [-0.39, 0.29) is 0 Å². The highest BCUT2D eigenvalue weighted by atomic mass is 16.5. The molecule has 0 unspecified atom stereocenters. The summed E-state index contributed by atoms with van der Waals surface area (Å²) in [5.74, 6) is 0. The molecule has 23 heavy (non-hydrogen) atoms. The van der Waals surface area contributed by atoms with E-state index in [1.54, 1.807) is 0 Å². The first-order valence-electron chi connectivity index (χ1n) is 7.83. The van der Waals surface area contributed by atoms with Gasteiger partial charge < -0.3 is 9.64 Å². The molecule has 3 heteroatoms. The summed E-state index contributed by atoms with van der Waals surface area (Å²) < 4.78 is 5.73. The van der Waals surface area contributed by atoms with E-state index in [0.29, 0.717) is 13.3 Å². The molecule has 112 valence electrons. The Hall–Kier alpha value is -2.65. The average molecular weight is 300 g/mol. The Morgan fingerprint density at radius 3 is 2.78 bits per heavy atom. The fourth-order valence-corrected chi connectivity index (χ4v) is 3.62. The molecule has 0 spiro atoms. The Balaban J connectivity index is 1.93. The molecule has 5 rings (SSSR count). The molecule has 0 radical (unpaired) electrons. The number of nitrogens with zero attached hydrogens (tertiary/aromatic N) is 2. The largest absolute Gasteiger partial charge is 0.356 e. The van der Waals surface area contributed by atoms with Crippen LogP contribution >= 0.6 is 0 Å². The summed E-state index contributed by atoms with van der Waals surface area (Å²) in [4.78, 5) is 6.64. The average Bonchev–Trinajstić information content (AvgIpc) is 2.60. The minimum atomic E-state index is 0.652. The maximum absolute atomic E-state index is 5.73. The molecule has 0 saturated heterocycles. The summed E-state index contributed by atoms with van der Waals surface area (Å²) in [6.07, 6.45) is 1.85. The highest BCUT2D eigenvalue weighted by molar-refractivity contribution is 6.12. The quantitative estimate of drug-likeness (QED) is 0.354. The van der Waals surface area contributed by atoms with Crippen LogP contribution in [0.4, 0.5) is 5.69 Å². The Labute approximate surface area is 134 Å². The number of pyridine rings is 1. The number of hydrogen-bond donors (Lipinski definition) is 0. The van der Waals surface area contributed by atoms with Crippen LogP contribution < -0.4 is 4.90 Å². The van der Waals surface area contributed by atoms with E-state index in [1.807, 2.05) is 12.3 Å². The molecule has 4 aromatic rings. The first-order chi connectivity index (χ1) is 11.3. The minimum absolute atomic E-state index is 0.652. The second-order valence-corrected chi connectivity index (χ2v) is 6.17. The Morgan fingerprint density at radius 2 is 1.83 bits per heavy atom. The summed E-state index contributed by atoms with van der Waals surface area (Å²) in [6, 6.07) is 17.4. The zero-order valence-corrected chi connectivity index (χ0v) is 12.9. The van der Waals surface area contributed by atoms with Crippen molar-refractivity contribution in [3.05, 3.63) is 60.3 Å². The third-order valence-corrected chi connectivity index (χ3v) is 4.77. The summed E-state index contributed by atoms with van der Waals surface area (Å²) in [5.41, 5.74) is 3.58. The van der Waals surface area contributed by atoms with E-state index >= 15 is 0 Å². The Bertz CT molecular complexity index is 1070. The molecule has 0 saturated carbocycles. The van der Waals surface area contributed by atoms with Gasteiger partial charge in [0.1, 0.15) is 6.73 Å². The maximum Gasteiger partial charge on any atom is 0.119 e. The number of benzene rings is 3. The molecule has 0 amide bonds. The van der Waals surface area contributed by atoms with E-state index in [9.17, 15) is 0 Å². The van der Waals surface area contributed by atoms with E-state index in [1.165, 1.54) is 38.2 Å². The number of fused-ring (bicyclic) bond motifs is 6. The monoisotopic (exact) mass is 300 g/mol. The van der Waals surface area contributed by atoms with E-state index in [0.717, 1.165) is 5.52 Å². The SMILES string of the molecule is CN1COCc2c1ccc1cc3ccc4ncccc4c3cc21. The molecule has 1 aliphatic rings. The normalized spacial score (nSPS) is 14.6. The summed E-state index contributed by atoms with van der Waals surface area (Å²) in [7, 11) is 2.07.